The Kier molecular flexibility index (Phi) is 5.47. The van der Waals surface area contributed by atoms with Gasteiger partial charge in [-0.3, -0.25) is 0 Å². The number of hydrogen-bond acceptors (Lipinski definition) is 4. The molecule has 2 rings (SSSR count). The van der Waals surface area contributed by atoms with Crippen molar-refractivity contribution in [2.45, 2.75) is 38.3 Å². The zero-order valence-corrected chi connectivity index (χ0v) is 13.7. The zero-order chi connectivity index (χ0) is 16.2. The maximum absolute atomic E-state index is 12.2. The molecule has 0 bridgehead atoms. The fourth-order valence-corrected chi connectivity index (χ4v) is 3.43. The van der Waals surface area contributed by atoms with Gasteiger partial charge < -0.3 is 14.6 Å². The van der Waals surface area contributed by atoms with E-state index in [4.69, 9.17) is 4.42 Å². The number of rotatable bonds is 5. The highest BCUT2D eigenvalue weighted by atomic mass is 32.2. The minimum Gasteiger partial charge on any atom is -0.469 e. The van der Waals surface area contributed by atoms with Crippen LogP contribution >= 0.6 is 0 Å². The van der Waals surface area contributed by atoms with E-state index in [1.807, 2.05) is 19.1 Å². The van der Waals surface area contributed by atoms with Gasteiger partial charge >= 0.3 is 6.03 Å². The molecule has 1 fully saturated rings. The molecule has 124 valence electrons. The summed E-state index contributed by atoms with van der Waals surface area (Å²) in [5.41, 5.74) is 0. The molecule has 0 saturated carbocycles. The van der Waals surface area contributed by atoms with Crippen molar-refractivity contribution in [1.82, 2.24) is 14.9 Å². The second-order valence-electron chi connectivity index (χ2n) is 5.79. The Bertz CT molecular complexity index is 577. The van der Waals surface area contributed by atoms with Crippen LogP contribution in [-0.2, 0) is 16.4 Å². The Hall–Kier alpha value is -1.54. The summed E-state index contributed by atoms with van der Waals surface area (Å²) in [4.78, 5) is 13.9. The molecule has 2 N–H and O–H groups in total. The molecule has 0 aliphatic carbocycles. The van der Waals surface area contributed by atoms with Crippen LogP contribution in [0.2, 0.25) is 0 Å². The predicted octanol–water partition coefficient (Wildman–Crippen LogP) is 0.934. The fourth-order valence-electron chi connectivity index (χ4n) is 2.59. The number of piperidine rings is 1. The first kappa shape index (κ1) is 16.8. The number of hydrogen-bond donors (Lipinski definition) is 2. The smallest absolute Gasteiger partial charge is 0.317 e. The third-order valence-electron chi connectivity index (χ3n) is 3.62. The van der Waals surface area contributed by atoms with Gasteiger partial charge in [0.15, 0.2) is 0 Å². The number of furan rings is 1. The maximum atomic E-state index is 12.2. The van der Waals surface area contributed by atoms with Crippen LogP contribution < -0.4 is 10.0 Å². The molecule has 1 saturated heterocycles. The van der Waals surface area contributed by atoms with Gasteiger partial charge in [-0.15, -0.1) is 0 Å². The number of carbonyl (C=O) groups is 1. The first-order chi connectivity index (χ1) is 10.3. The van der Waals surface area contributed by atoms with Crippen LogP contribution in [0.15, 0.2) is 22.8 Å². The molecule has 1 aromatic heterocycles. The zero-order valence-electron chi connectivity index (χ0n) is 12.9. The minimum absolute atomic E-state index is 0.0227. The van der Waals surface area contributed by atoms with Crippen molar-refractivity contribution < 1.29 is 17.6 Å². The minimum atomic E-state index is -3.19. The molecule has 2 amide bonds. The van der Waals surface area contributed by atoms with Gasteiger partial charge in [0, 0.05) is 31.6 Å². The van der Waals surface area contributed by atoms with Crippen molar-refractivity contribution >= 4 is 16.1 Å². The molecule has 8 heteroatoms. The molecule has 0 aromatic carbocycles. The average molecular weight is 329 g/mol. The van der Waals surface area contributed by atoms with Crippen molar-refractivity contribution in [3.63, 3.8) is 0 Å². The Labute approximate surface area is 131 Å². The maximum Gasteiger partial charge on any atom is 0.317 e. The van der Waals surface area contributed by atoms with E-state index in [0.717, 1.165) is 12.0 Å². The van der Waals surface area contributed by atoms with Crippen LogP contribution in [-0.4, -0.2) is 50.8 Å². The Balaban J connectivity index is 1.75. The molecule has 1 aromatic rings. The summed E-state index contributed by atoms with van der Waals surface area (Å²) in [6.45, 7) is 3.03. The van der Waals surface area contributed by atoms with Gasteiger partial charge in [0.25, 0.3) is 0 Å². The third-order valence-corrected chi connectivity index (χ3v) is 4.38. The molecule has 1 aliphatic rings. The van der Waals surface area contributed by atoms with Crippen LogP contribution in [0.25, 0.3) is 0 Å². The SMILES string of the molecule is CC(Cc1ccco1)NC(=O)N1CCC(NS(C)(=O)=O)CC1. The molecule has 1 unspecified atom stereocenters. The van der Waals surface area contributed by atoms with Crippen molar-refractivity contribution in [3.05, 3.63) is 24.2 Å². The van der Waals surface area contributed by atoms with Crippen LogP contribution in [0.4, 0.5) is 4.79 Å². The van der Waals surface area contributed by atoms with E-state index in [2.05, 4.69) is 10.0 Å². The summed E-state index contributed by atoms with van der Waals surface area (Å²) >= 11 is 0. The lowest BCUT2D eigenvalue weighted by Crippen LogP contribution is -2.51. The van der Waals surface area contributed by atoms with Crippen molar-refractivity contribution in [1.29, 1.82) is 0 Å². The molecular weight excluding hydrogens is 306 g/mol. The van der Waals surface area contributed by atoms with Gasteiger partial charge in [0.1, 0.15) is 5.76 Å². The van der Waals surface area contributed by atoms with Gasteiger partial charge in [0.2, 0.25) is 10.0 Å². The van der Waals surface area contributed by atoms with Crippen molar-refractivity contribution in [2.24, 2.45) is 0 Å². The van der Waals surface area contributed by atoms with E-state index in [0.29, 0.717) is 32.4 Å². The highest BCUT2D eigenvalue weighted by Crippen LogP contribution is 2.12. The molecule has 22 heavy (non-hydrogen) atoms. The second-order valence-corrected chi connectivity index (χ2v) is 7.57. The largest absolute Gasteiger partial charge is 0.469 e. The van der Waals surface area contributed by atoms with Gasteiger partial charge in [0.05, 0.1) is 12.5 Å². The standard InChI is InChI=1S/C14H23N3O4S/c1-11(10-13-4-3-9-21-13)15-14(18)17-7-5-12(6-8-17)16-22(2,19)20/h3-4,9,11-12,16H,5-8,10H2,1-2H3,(H,15,18). The number of carbonyl (C=O) groups excluding carboxylic acids is 1. The molecule has 2 heterocycles. The highest BCUT2D eigenvalue weighted by molar-refractivity contribution is 7.88. The average Bonchev–Trinajstić information content (AvgIpc) is 2.90. The van der Waals surface area contributed by atoms with E-state index in [1.54, 1.807) is 11.2 Å². The molecule has 1 atom stereocenters. The van der Waals surface area contributed by atoms with Crippen LogP contribution in [0.1, 0.15) is 25.5 Å². The Morgan fingerprint density at radius 3 is 2.68 bits per heavy atom. The van der Waals surface area contributed by atoms with Gasteiger partial charge in [-0.25, -0.2) is 17.9 Å². The summed E-state index contributed by atoms with van der Waals surface area (Å²) in [7, 11) is -3.19. The number of nitrogens with zero attached hydrogens (tertiary/aromatic N) is 1. The van der Waals surface area contributed by atoms with Gasteiger partial charge in [-0.05, 0) is 31.9 Å². The quantitative estimate of drug-likeness (QED) is 0.841. The number of amides is 2. The van der Waals surface area contributed by atoms with Crippen molar-refractivity contribution in [2.75, 3.05) is 19.3 Å². The van der Waals surface area contributed by atoms with E-state index < -0.39 is 10.0 Å². The van der Waals surface area contributed by atoms with Gasteiger partial charge in [-0.1, -0.05) is 0 Å². The number of urea groups is 1. The predicted molar refractivity (Wildman–Crippen MR) is 83.0 cm³/mol. The lowest BCUT2D eigenvalue weighted by atomic mass is 10.1. The normalized spacial score (nSPS) is 18.2. The molecular formula is C14H23N3O4S. The van der Waals surface area contributed by atoms with Crippen LogP contribution in [0.5, 0.6) is 0 Å². The second kappa shape index (κ2) is 7.15. The first-order valence-corrected chi connectivity index (χ1v) is 9.28. The van der Waals surface area contributed by atoms with Gasteiger partial charge in [-0.2, -0.15) is 0 Å². The Morgan fingerprint density at radius 2 is 2.14 bits per heavy atom. The monoisotopic (exact) mass is 329 g/mol. The summed E-state index contributed by atoms with van der Waals surface area (Å²) in [5.74, 6) is 0.837. The summed E-state index contributed by atoms with van der Waals surface area (Å²) in [5, 5.41) is 2.94. The van der Waals surface area contributed by atoms with E-state index in [1.165, 1.54) is 0 Å². The van der Waals surface area contributed by atoms with Crippen molar-refractivity contribution in [3.8, 4) is 0 Å². The summed E-state index contributed by atoms with van der Waals surface area (Å²) < 4.78 is 30.2. The number of likely N-dealkylation sites (tertiary alicyclic amines) is 1. The summed E-state index contributed by atoms with van der Waals surface area (Å²) in [6, 6.07) is 3.48. The highest BCUT2D eigenvalue weighted by Gasteiger charge is 2.25. The van der Waals surface area contributed by atoms with Crippen LogP contribution in [0, 0.1) is 0 Å². The summed E-state index contributed by atoms with van der Waals surface area (Å²) in [6.07, 6.45) is 4.68. The van der Waals surface area contributed by atoms with Crippen LogP contribution in [0.3, 0.4) is 0 Å². The Morgan fingerprint density at radius 1 is 1.45 bits per heavy atom. The first-order valence-electron chi connectivity index (χ1n) is 7.38. The van der Waals surface area contributed by atoms with E-state index >= 15 is 0 Å². The molecule has 0 spiro atoms. The lowest BCUT2D eigenvalue weighted by molar-refractivity contribution is 0.176. The number of nitrogens with one attached hydrogen (secondary N) is 2. The molecule has 1 aliphatic heterocycles. The third kappa shape index (κ3) is 5.34. The molecule has 0 radical (unpaired) electrons. The fraction of sp³-hybridized carbons (Fsp3) is 0.643. The van der Waals surface area contributed by atoms with E-state index in [-0.39, 0.29) is 18.1 Å². The lowest BCUT2D eigenvalue weighted by Gasteiger charge is -2.32. The van der Waals surface area contributed by atoms with E-state index in [9.17, 15) is 13.2 Å². The number of sulfonamides is 1. The molecule has 7 nitrogen and oxygen atoms in total. The topological polar surface area (TPSA) is 91.7 Å².